The first-order valence-corrected chi connectivity index (χ1v) is 9.25. The molecule has 0 spiro atoms. The van der Waals surface area contributed by atoms with Crippen LogP contribution in [0, 0.1) is 11.8 Å². The number of esters is 2. The van der Waals surface area contributed by atoms with Gasteiger partial charge in [0, 0.05) is 23.9 Å². The third-order valence-corrected chi connectivity index (χ3v) is 4.91. The van der Waals surface area contributed by atoms with E-state index in [2.05, 4.69) is 4.99 Å². The summed E-state index contributed by atoms with van der Waals surface area (Å²) in [6, 6.07) is 9.77. The molecule has 3 rings (SSSR count). The molecular weight excluding hydrogens is 346 g/mol. The Bertz CT molecular complexity index is 796. The van der Waals surface area contributed by atoms with Crippen LogP contribution < -0.4 is 0 Å². The number of ketones is 1. The molecule has 0 aromatic heterocycles. The number of benzene rings is 1. The zero-order valence-electron chi connectivity index (χ0n) is 15.5. The van der Waals surface area contributed by atoms with Gasteiger partial charge >= 0.3 is 11.9 Å². The fourth-order valence-corrected chi connectivity index (χ4v) is 3.71. The van der Waals surface area contributed by atoms with Crippen molar-refractivity contribution >= 4 is 23.9 Å². The van der Waals surface area contributed by atoms with Gasteiger partial charge in [-0.15, -0.1) is 0 Å². The van der Waals surface area contributed by atoms with Crippen molar-refractivity contribution in [2.24, 2.45) is 16.8 Å². The second kappa shape index (κ2) is 8.29. The van der Waals surface area contributed by atoms with E-state index in [1.54, 1.807) is 13.8 Å². The van der Waals surface area contributed by atoms with Gasteiger partial charge in [-0.2, -0.15) is 0 Å². The van der Waals surface area contributed by atoms with Crippen LogP contribution in [0.3, 0.4) is 0 Å². The number of allylic oxidation sites excluding steroid dienone is 1. The Morgan fingerprint density at radius 1 is 1.04 bits per heavy atom. The molecule has 0 N–H and O–H groups in total. The highest BCUT2D eigenvalue weighted by Gasteiger charge is 2.46. The van der Waals surface area contributed by atoms with Gasteiger partial charge in [-0.3, -0.25) is 19.4 Å². The molecule has 142 valence electrons. The Labute approximate surface area is 158 Å². The van der Waals surface area contributed by atoms with Crippen molar-refractivity contribution in [2.75, 3.05) is 13.2 Å². The average molecular weight is 369 g/mol. The van der Waals surface area contributed by atoms with Gasteiger partial charge in [0.25, 0.3) is 0 Å². The fraction of sp³-hybridized carbons (Fsp3) is 0.429. The Morgan fingerprint density at radius 3 is 2.37 bits per heavy atom. The molecular formula is C21H23NO5. The number of nitrogens with zero attached hydrogens (tertiary/aromatic N) is 1. The smallest absolute Gasteiger partial charge is 0.315 e. The number of carbonyl (C=O) groups excluding carboxylic acids is 3. The van der Waals surface area contributed by atoms with Crippen LogP contribution in [-0.4, -0.2) is 37.2 Å². The third kappa shape index (κ3) is 3.84. The molecule has 1 aromatic rings. The molecule has 1 unspecified atom stereocenters. The number of Topliss-reactive ketones (excluding diaryl/α,β-unsaturated/α-hetero) is 1. The summed E-state index contributed by atoms with van der Waals surface area (Å²) in [5.74, 6) is -3.21. The van der Waals surface area contributed by atoms with Crippen molar-refractivity contribution in [3.05, 3.63) is 47.2 Å². The molecule has 0 radical (unpaired) electrons. The first kappa shape index (κ1) is 19.0. The molecule has 0 bridgehead atoms. The van der Waals surface area contributed by atoms with Crippen LogP contribution in [0.25, 0.3) is 0 Å². The minimum Gasteiger partial charge on any atom is -0.465 e. The maximum absolute atomic E-state index is 13.0. The van der Waals surface area contributed by atoms with E-state index in [0.717, 1.165) is 5.56 Å². The zero-order chi connectivity index (χ0) is 19.4. The quantitative estimate of drug-likeness (QED) is 0.746. The topological polar surface area (TPSA) is 82.0 Å². The second-order valence-corrected chi connectivity index (χ2v) is 6.59. The molecule has 0 amide bonds. The summed E-state index contributed by atoms with van der Waals surface area (Å²) in [5, 5.41) is 0. The number of hydrogen-bond acceptors (Lipinski definition) is 6. The van der Waals surface area contributed by atoms with Gasteiger partial charge in [0.15, 0.2) is 5.78 Å². The maximum Gasteiger partial charge on any atom is 0.315 e. The largest absolute Gasteiger partial charge is 0.465 e. The highest BCUT2D eigenvalue weighted by molar-refractivity contribution is 6.08. The highest BCUT2D eigenvalue weighted by Crippen LogP contribution is 2.41. The van der Waals surface area contributed by atoms with E-state index in [0.29, 0.717) is 17.7 Å². The van der Waals surface area contributed by atoms with Crippen molar-refractivity contribution < 1.29 is 23.9 Å². The van der Waals surface area contributed by atoms with Crippen molar-refractivity contribution in [3.8, 4) is 0 Å². The molecule has 1 heterocycles. The van der Waals surface area contributed by atoms with Gasteiger partial charge in [0.1, 0.15) is 11.8 Å². The first-order chi connectivity index (χ1) is 13.1. The lowest BCUT2D eigenvalue weighted by atomic mass is 9.73. The molecule has 2 aliphatic rings. The molecule has 1 aliphatic heterocycles. The maximum atomic E-state index is 13.0. The van der Waals surface area contributed by atoms with Crippen LogP contribution in [0.4, 0.5) is 0 Å². The summed E-state index contributed by atoms with van der Waals surface area (Å²) < 4.78 is 10.2. The predicted octanol–water partition coefficient (Wildman–Crippen LogP) is 2.83. The average Bonchev–Trinajstić information content (AvgIpc) is 2.68. The Balaban J connectivity index is 1.96. The summed E-state index contributed by atoms with van der Waals surface area (Å²) in [6.07, 6.45) is 2.26. The SMILES string of the molecule is CCOC(=O)C1C=NC2=C(C(=O)C[C@@H](c3ccccc3)C2)[C@@H]1C(=O)OCC. The normalized spacial score (nSPS) is 24.4. The Morgan fingerprint density at radius 2 is 1.70 bits per heavy atom. The number of carbonyl (C=O) groups is 3. The van der Waals surface area contributed by atoms with Crippen LogP contribution in [-0.2, 0) is 23.9 Å². The zero-order valence-corrected chi connectivity index (χ0v) is 15.5. The first-order valence-electron chi connectivity index (χ1n) is 9.25. The number of rotatable bonds is 5. The Hall–Kier alpha value is -2.76. The lowest BCUT2D eigenvalue weighted by Crippen LogP contribution is -2.40. The molecule has 6 heteroatoms. The highest BCUT2D eigenvalue weighted by atomic mass is 16.5. The molecule has 0 saturated carbocycles. The van der Waals surface area contributed by atoms with Gasteiger partial charge in [0.05, 0.1) is 13.2 Å². The van der Waals surface area contributed by atoms with Crippen molar-refractivity contribution in [2.45, 2.75) is 32.6 Å². The van der Waals surface area contributed by atoms with Crippen LogP contribution in [0.5, 0.6) is 0 Å². The molecule has 27 heavy (non-hydrogen) atoms. The molecule has 6 nitrogen and oxygen atoms in total. The molecule has 0 saturated heterocycles. The van der Waals surface area contributed by atoms with E-state index in [9.17, 15) is 14.4 Å². The van der Waals surface area contributed by atoms with Gasteiger partial charge in [0.2, 0.25) is 0 Å². The summed E-state index contributed by atoms with van der Waals surface area (Å²) in [4.78, 5) is 42.3. The molecule has 0 fully saturated rings. The standard InChI is InChI=1S/C21H23NO5/c1-3-26-20(24)15-12-22-16-10-14(13-8-6-5-7-9-13)11-17(23)19(16)18(15)21(25)27-4-2/h5-9,12,14-15,18H,3-4,10-11H2,1-2H3/t14-,15?,18+/m0/s1. The Kier molecular flexibility index (Phi) is 5.84. The van der Waals surface area contributed by atoms with Crippen LogP contribution >= 0.6 is 0 Å². The van der Waals surface area contributed by atoms with Gasteiger partial charge in [-0.25, -0.2) is 0 Å². The number of hydrogen-bond donors (Lipinski definition) is 0. The fourth-order valence-electron chi connectivity index (χ4n) is 3.71. The van der Waals surface area contributed by atoms with Crippen LogP contribution in [0.1, 0.15) is 38.2 Å². The van der Waals surface area contributed by atoms with Crippen molar-refractivity contribution in [1.29, 1.82) is 0 Å². The lowest BCUT2D eigenvalue weighted by Gasteiger charge is -2.32. The molecule has 1 aromatic carbocycles. The van der Waals surface area contributed by atoms with E-state index < -0.39 is 23.8 Å². The predicted molar refractivity (Wildman–Crippen MR) is 99.2 cm³/mol. The van der Waals surface area contributed by atoms with Crippen molar-refractivity contribution in [3.63, 3.8) is 0 Å². The summed E-state index contributed by atoms with van der Waals surface area (Å²) in [6.45, 7) is 3.75. The van der Waals surface area contributed by atoms with Crippen LogP contribution in [0.15, 0.2) is 46.6 Å². The number of ether oxygens (including phenoxy) is 2. The van der Waals surface area contributed by atoms with Gasteiger partial charge in [-0.1, -0.05) is 30.3 Å². The van der Waals surface area contributed by atoms with Crippen LogP contribution in [0.2, 0.25) is 0 Å². The molecule has 3 atom stereocenters. The third-order valence-electron chi connectivity index (χ3n) is 4.91. The monoisotopic (exact) mass is 369 g/mol. The van der Waals surface area contributed by atoms with E-state index >= 15 is 0 Å². The van der Waals surface area contributed by atoms with Gasteiger partial charge < -0.3 is 9.47 Å². The van der Waals surface area contributed by atoms with Crippen molar-refractivity contribution in [1.82, 2.24) is 0 Å². The minimum absolute atomic E-state index is 0.0107. The summed E-state index contributed by atoms with van der Waals surface area (Å²) in [5.41, 5.74) is 1.94. The van der Waals surface area contributed by atoms with Gasteiger partial charge in [-0.05, 0) is 31.7 Å². The lowest BCUT2D eigenvalue weighted by molar-refractivity contribution is -0.156. The van der Waals surface area contributed by atoms with E-state index in [4.69, 9.17) is 9.47 Å². The second-order valence-electron chi connectivity index (χ2n) is 6.59. The van der Waals surface area contributed by atoms with E-state index in [1.165, 1.54) is 6.21 Å². The minimum atomic E-state index is -0.985. The summed E-state index contributed by atoms with van der Waals surface area (Å²) >= 11 is 0. The summed E-state index contributed by atoms with van der Waals surface area (Å²) in [7, 11) is 0. The molecule has 1 aliphatic carbocycles. The van der Waals surface area contributed by atoms with E-state index in [1.807, 2.05) is 30.3 Å². The number of aliphatic imine (C=N–C) groups is 1. The van der Waals surface area contributed by atoms with E-state index in [-0.39, 0.29) is 31.3 Å².